The van der Waals surface area contributed by atoms with E-state index in [9.17, 15) is 14.9 Å². The number of amides is 2. The Morgan fingerprint density at radius 1 is 1.14 bits per heavy atom. The predicted octanol–water partition coefficient (Wildman–Crippen LogP) is 4.81. The summed E-state index contributed by atoms with van der Waals surface area (Å²) < 4.78 is 0. The van der Waals surface area contributed by atoms with E-state index in [0.29, 0.717) is 11.3 Å². The average Bonchev–Trinajstić information content (AvgIpc) is 3.42. The summed E-state index contributed by atoms with van der Waals surface area (Å²) in [6.45, 7) is 6.35. The molecule has 186 valence electrons. The van der Waals surface area contributed by atoms with Gasteiger partial charge in [0.15, 0.2) is 0 Å². The summed E-state index contributed by atoms with van der Waals surface area (Å²) in [6.07, 6.45) is 9.42. The molecule has 3 aromatic rings. The van der Waals surface area contributed by atoms with Gasteiger partial charge < -0.3 is 10.3 Å². The van der Waals surface area contributed by atoms with Crippen molar-refractivity contribution in [1.29, 1.82) is 5.26 Å². The molecule has 1 aliphatic carbocycles. The Kier molecular flexibility index (Phi) is 7.49. The van der Waals surface area contributed by atoms with Crippen LogP contribution in [0.2, 0.25) is 0 Å². The fourth-order valence-corrected chi connectivity index (χ4v) is 4.66. The van der Waals surface area contributed by atoms with E-state index in [-0.39, 0.29) is 28.8 Å². The normalized spacial score (nSPS) is 15.1. The SMILES string of the molecule is CC(C)(C)c1ccc(N(C(=O)c2cnc[nH]2)[C@H](C(=O)NC2CCCCC2)c2cccnc2C#N)cc1. The molecule has 2 heterocycles. The molecular weight excluding hydrogens is 452 g/mol. The smallest absolute Gasteiger partial charge is 0.277 e. The van der Waals surface area contributed by atoms with Crippen LogP contribution in [-0.2, 0) is 10.2 Å². The summed E-state index contributed by atoms with van der Waals surface area (Å²) in [5, 5.41) is 13.0. The molecule has 0 radical (unpaired) electrons. The van der Waals surface area contributed by atoms with Crippen molar-refractivity contribution in [2.45, 2.75) is 70.4 Å². The van der Waals surface area contributed by atoms with E-state index in [0.717, 1.165) is 37.7 Å². The van der Waals surface area contributed by atoms with Gasteiger partial charge in [-0.1, -0.05) is 58.2 Å². The number of anilines is 1. The van der Waals surface area contributed by atoms with Crippen LogP contribution in [-0.4, -0.2) is 32.8 Å². The number of pyridine rings is 1. The van der Waals surface area contributed by atoms with Crippen LogP contribution in [0.4, 0.5) is 5.69 Å². The van der Waals surface area contributed by atoms with Gasteiger partial charge in [-0.25, -0.2) is 9.97 Å². The summed E-state index contributed by atoms with van der Waals surface area (Å²) in [6, 6.07) is 12.0. The number of nitrogens with one attached hydrogen (secondary N) is 2. The molecule has 2 amide bonds. The van der Waals surface area contributed by atoms with Gasteiger partial charge in [0, 0.05) is 23.5 Å². The zero-order chi connectivity index (χ0) is 25.7. The monoisotopic (exact) mass is 484 g/mol. The van der Waals surface area contributed by atoms with Gasteiger partial charge in [-0.05, 0) is 42.0 Å². The van der Waals surface area contributed by atoms with Gasteiger partial charge in [0.1, 0.15) is 23.5 Å². The zero-order valence-corrected chi connectivity index (χ0v) is 21.0. The number of carbonyl (C=O) groups is 2. The van der Waals surface area contributed by atoms with Gasteiger partial charge >= 0.3 is 0 Å². The minimum absolute atomic E-state index is 0.0309. The number of nitriles is 1. The number of nitrogens with zero attached hydrogens (tertiary/aromatic N) is 4. The summed E-state index contributed by atoms with van der Waals surface area (Å²) >= 11 is 0. The molecule has 0 aliphatic heterocycles. The molecule has 1 saturated carbocycles. The van der Waals surface area contributed by atoms with E-state index in [1.165, 1.54) is 23.6 Å². The highest BCUT2D eigenvalue weighted by Gasteiger charge is 2.37. The Morgan fingerprint density at radius 2 is 1.86 bits per heavy atom. The Morgan fingerprint density at radius 3 is 2.47 bits per heavy atom. The van der Waals surface area contributed by atoms with E-state index in [1.807, 2.05) is 24.3 Å². The van der Waals surface area contributed by atoms with Crippen molar-refractivity contribution in [1.82, 2.24) is 20.3 Å². The van der Waals surface area contributed by atoms with Crippen LogP contribution in [0, 0.1) is 11.3 Å². The third-order valence-corrected chi connectivity index (χ3v) is 6.66. The van der Waals surface area contributed by atoms with Crippen molar-refractivity contribution in [2.24, 2.45) is 0 Å². The first-order chi connectivity index (χ1) is 17.3. The Labute approximate surface area is 211 Å². The number of hydrogen-bond donors (Lipinski definition) is 2. The van der Waals surface area contributed by atoms with Crippen LogP contribution in [0.1, 0.15) is 86.2 Å². The summed E-state index contributed by atoms with van der Waals surface area (Å²) in [5.41, 5.74) is 2.29. The first kappa shape index (κ1) is 25.1. The highest BCUT2D eigenvalue weighted by atomic mass is 16.2. The third-order valence-electron chi connectivity index (χ3n) is 6.66. The van der Waals surface area contributed by atoms with Gasteiger partial charge in [-0.2, -0.15) is 5.26 Å². The van der Waals surface area contributed by atoms with Gasteiger partial charge in [0.2, 0.25) is 5.91 Å². The molecule has 36 heavy (non-hydrogen) atoms. The van der Waals surface area contributed by atoms with Gasteiger partial charge in [-0.15, -0.1) is 0 Å². The predicted molar refractivity (Wildman–Crippen MR) is 137 cm³/mol. The molecule has 4 rings (SSSR count). The number of imidazole rings is 1. The number of aromatic nitrogens is 3. The molecule has 8 nitrogen and oxygen atoms in total. The van der Waals surface area contributed by atoms with E-state index >= 15 is 0 Å². The molecular formula is C28H32N6O2. The quantitative estimate of drug-likeness (QED) is 0.521. The van der Waals surface area contributed by atoms with Gasteiger partial charge in [-0.3, -0.25) is 14.5 Å². The first-order valence-electron chi connectivity index (χ1n) is 12.4. The Balaban J connectivity index is 1.84. The molecule has 2 N–H and O–H groups in total. The fourth-order valence-electron chi connectivity index (χ4n) is 4.66. The molecule has 0 bridgehead atoms. The lowest BCUT2D eigenvalue weighted by Crippen LogP contribution is -2.47. The number of carbonyl (C=O) groups excluding carboxylic acids is 2. The van der Waals surface area contributed by atoms with Crippen molar-refractivity contribution in [3.05, 3.63) is 77.6 Å². The van der Waals surface area contributed by atoms with E-state index in [1.54, 1.807) is 12.1 Å². The number of benzene rings is 1. The molecule has 2 aromatic heterocycles. The fraction of sp³-hybridized carbons (Fsp3) is 0.393. The maximum absolute atomic E-state index is 13.9. The molecule has 0 unspecified atom stereocenters. The average molecular weight is 485 g/mol. The molecule has 1 aromatic carbocycles. The number of hydrogen-bond acceptors (Lipinski definition) is 5. The Hall–Kier alpha value is -3.99. The summed E-state index contributed by atoms with van der Waals surface area (Å²) in [5.74, 6) is -0.758. The van der Waals surface area contributed by atoms with Crippen LogP contribution >= 0.6 is 0 Å². The Bertz CT molecular complexity index is 1230. The van der Waals surface area contributed by atoms with E-state index in [2.05, 4.69) is 47.1 Å². The third kappa shape index (κ3) is 5.46. The van der Waals surface area contributed by atoms with Gasteiger partial charge in [0.25, 0.3) is 5.91 Å². The van der Waals surface area contributed by atoms with Crippen molar-refractivity contribution < 1.29 is 9.59 Å². The van der Waals surface area contributed by atoms with Gasteiger partial charge in [0.05, 0.1) is 12.5 Å². The second-order valence-electron chi connectivity index (χ2n) is 10.2. The lowest BCUT2D eigenvalue weighted by molar-refractivity contribution is -0.123. The van der Waals surface area contributed by atoms with Crippen molar-refractivity contribution in [3.63, 3.8) is 0 Å². The maximum Gasteiger partial charge on any atom is 0.277 e. The second-order valence-corrected chi connectivity index (χ2v) is 10.2. The standard InChI is InChI=1S/C28H32N6O2/c1-28(2,3)19-11-13-21(14-12-19)34(27(36)24-17-30-18-32-24)25(22-10-7-15-31-23(22)16-29)26(35)33-20-8-5-4-6-9-20/h7,10-15,17-18,20,25H,4-6,8-9H2,1-3H3,(H,30,32)(H,33,35)/t25-/m0/s1. The van der Waals surface area contributed by atoms with Crippen molar-refractivity contribution in [2.75, 3.05) is 4.90 Å². The summed E-state index contributed by atoms with van der Waals surface area (Å²) in [4.78, 5) is 40.3. The highest BCUT2D eigenvalue weighted by molar-refractivity contribution is 6.09. The van der Waals surface area contributed by atoms with Crippen LogP contribution in [0.25, 0.3) is 0 Å². The zero-order valence-electron chi connectivity index (χ0n) is 21.0. The molecule has 0 spiro atoms. The molecule has 1 atom stereocenters. The minimum Gasteiger partial charge on any atom is -0.351 e. The minimum atomic E-state index is -1.09. The number of H-pyrrole nitrogens is 1. The molecule has 0 saturated heterocycles. The number of aromatic amines is 1. The molecule has 8 heteroatoms. The number of rotatable bonds is 6. The van der Waals surface area contributed by atoms with Crippen LogP contribution in [0.15, 0.2) is 55.1 Å². The largest absolute Gasteiger partial charge is 0.351 e. The van der Waals surface area contributed by atoms with Crippen LogP contribution in [0.5, 0.6) is 0 Å². The van der Waals surface area contributed by atoms with E-state index in [4.69, 9.17) is 0 Å². The molecule has 1 fully saturated rings. The van der Waals surface area contributed by atoms with Crippen LogP contribution in [0.3, 0.4) is 0 Å². The van der Waals surface area contributed by atoms with Crippen molar-refractivity contribution in [3.8, 4) is 6.07 Å². The van der Waals surface area contributed by atoms with Crippen LogP contribution < -0.4 is 10.2 Å². The topological polar surface area (TPSA) is 115 Å². The second kappa shape index (κ2) is 10.7. The lowest BCUT2D eigenvalue weighted by atomic mass is 9.87. The maximum atomic E-state index is 13.9. The molecule has 1 aliphatic rings. The first-order valence-corrected chi connectivity index (χ1v) is 12.4. The lowest BCUT2D eigenvalue weighted by Gasteiger charge is -2.33. The van der Waals surface area contributed by atoms with Crippen molar-refractivity contribution >= 4 is 17.5 Å². The van der Waals surface area contributed by atoms with E-state index < -0.39 is 11.9 Å². The highest BCUT2D eigenvalue weighted by Crippen LogP contribution is 2.33. The summed E-state index contributed by atoms with van der Waals surface area (Å²) in [7, 11) is 0.